The first kappa shape index (κ1) is 19.1. The summed E-state index contributed by atoms with van der Waals surface area (Å²) in [5.74, 6) is 1.35. The predicted octanol–water partition coefficient (Wildman–Crippen LogP) is 4.67. The Labute approximate surface area is 156 Å². The number of carbonyl (C=O) groups is 1. The molecular weight excluding hydrogens is 384 g/mol. The van der Waals surface area contributed by atoms with Crippen LogP contribution in [0.3, 0.4) is 0 Å². The molecule has 2 aromatic rings. The van der Waals surface area contributed by atoms with Crippen molar-refractivity contribution in [3.8, 4) is 11.5 Å². The monoisotopic (exact) mass is 406 g/mol. The SMILES string of the molecule is COc1ccc(Br)c(CNc2ccc(NC(=O)C(C)C)cc2)c1OC. The van der Waals surface area contributed by atoms with Crippen molar-refractivity contribution in [1.29, 1.82) is 0 Å². The Morgan fingerprint density at radius 2 is 1.68 bits per heavy atom. The van der Waals surface area contributed by atoms with Crippen molar-refractivity contribution in [1.82, 2.24) is 0 Å². The lowest BCUT2D eigenvalue weighted by Gasteiger charge is -2.16. The summed E-state index contributed by atoms with van der Waals surface area (Å²) in [6, 6.07) is 11.4. The van der Waals surface area contributed by atoms with E-state index in [1.54, 1.807) is 14.2 Å². The van der Waals surface area contributed by atoms with Crippen molar-refractivity contribution in [3.63, 3.8) is 0 Å². The molecular formula is C19H23BrN2O3. The number of carbonyl (C=O) groups excluding carboxylic acids is 1. The fourth-order valence-electron chi connectivity index (χ4n) is 2.28. The molecule has 0 fully saturated rings. The summed E-state index contributed by atoms with van der Waals surface area (Å²) in [6.07, 6.45) is 0. The number of anilines is 2. The Bertz CT molecular complexity index is 730. The summed E-state index contributed by atoms with van der Waals surface area (Å²) in [5.41, 5.74) is 2.70. The van der Waals surface area contributed by atoms with E-state index in [0.717, 1.165) is 21.4 Å². The molecule has 5 nitrogen and oxygen atoms in total. The van der Waals surface area contributed by atoms with Crippen LogP contribution in [0.5, 0.6) is 11.5 Å². The van der Waals surface area contributed by atoms with Crippen LogP contribution in [0, 0.1) is 5.92 Å². The average molecular weight is 407 g/mol. The van der Waals surface area contributed by atoms with Gasteiger partial charge in [-0.1, -0.05) is 29.8 Å². The van der Waals surface area contributed by atoms with Crippen LogP contribution < -0.4 is 20.1 Å². The lowest BCUT2D eigenvalue weighted by Crippen LogP contribution is -2.17. The first-order valence-corrected chi connectivity index (χ1v) is 8.79. The van der Waals surface area contributed by atoms with Crippen molar-refractivity contribution >= 4 is 33.2 Å². The highest BCUT2D eigenvalue weighted by Gasteiger charge is 2.13. The van der Waals surface area contributed by atoms with Gasteiger partial charge in [-0.25, -0.2) is 0 Å². The van der Waals surface area contributed by atoms with Gasteiger partial charge in [0.25, 0.3) is 0 Å². The van der Waals surface area contributed by atoms with Gasteiger partial charge in [-0.05, 0) is 36.4 Å². The molecule has 0 saturated heterocycles. The Balaban J connectivity index is 2.08. The van der Waals surface area contributed by atoms with Crippen molar-refractivity contribution in [2.45, 2.75) is 20.4 Å². The topological polar surface area (TPSA) is 59.6 Å². The van der Waals surface area contributed by atoms with Gasteiger partial charge in [0.1, 0.15) is 0 Å². The molecule has 2 N–H and O–H groups in total. The normalized spacial score (nSPS) is 10.5. The highest BCUT2D eigenvalue weighted by atomic mass is 79.9. The molecule has 2 aromatic carbocycles. The van der Waals surface area contributed by atoms with Crippen molar-refractivity contribution in [2.24, 2.45) is 5.92 Å². The van der Waals surface area contributed by atoms with E-state index < -0.39 is 0 Å². The van der Waals surface area contributed by atoms with Gasteiger partial charge in [-0.3, -0.25) is 4.79 Å². The summed E-state index contributed by atoms with van der Waals surface area (Å²) in [5, 5.41) is 6.23. The molecule has 0 radical (unpaired) electrons. The smallest absolute Gasteiger partial charge is 0.226 e. The van der Waals surface area contributed by atoms with Gasteiger partial charge in [0.15, 0.2) is 11.5 Å². The van der Waals surface area contributed by atoms with Gasteiger partial charge in [-0.15, -0.1) is 0 Å². The lowest BCUT2D eigenvalue weighted by atomic mass is 10.1. The van der Waals surface area contributed by atoms with Crippen LogP contribution in [-0.4, -0.2) is 20.1 Å². The molecule has 0 spiro atoms. The van der Waals surface area contributed by atoms with E-state index in [1.165, 1.54) is 0 Å². The third kappa shape index (κ3) is 4.89. The van der Waals surface area contributed by atoms with Crippen molar-refractivity contribution in [2.75, 3.05) is 24.9 Å². The predicted molar refractivity (Wildman–Crippen MR) is 104 cm³/mol. The van der Waals surface area contributed by atoms with E-state index in [0.29, 0.717) is 18.0 Å². The maximum absolute atomic E-state index is 11.7. The maximum Gasteiger partial charge on any atom is 0.226 e. The Hall–Kier alpha value is -2.21. The number of amides is 1. The van der Waals surface area contributed by atoms with E-state index >= 15 is 0 Å². The van der Waals surface area contributed by atoms with E-state index in [4.69, 9.17) is 9.47 Å². The van der Waals surface area contributed by atoms with E-state index in [-0.39, 0.29) is 11.8 Å². The second-order valence-electron chi connectivity index (χ2n) is 5.84. The Morgan fingerprint density at radius 3 is 2.24 bits per heavy atom. The molecule has 0 aromatic heterocycles. The zero-order chi connectivity index (χ0) is 18.4. The molecule has 0 saturated carbocycles. The van der Waals surface area contributed by atoms with E-state index in [2.05, 4.69) is 26.6 Å². The van der Waals surface area contributed by atoms with Crippen LogP contribution >= 0.6 is 15.9 Å². The number of nitrogens with one attached hydrogen (secondary N) is 2. The molecule has 0 aliphatic carbocycles. The van der Waals surface area contributed by atoms with Gasteiger partial charge in [0.05, 0.1) is 14.2 Å². The summed E-state index contributed by atoms with van der Waals surface area (Å²) >= 11 is 3.55. The number of ether oxygens (including phenoxy) is 2. The molecule has 0 bridgehead atoms. The molecule has 0 atom stereocenters. The summed E-state index contributed by atoms with van der Waals surface area (Å²) in [4.78, 5) is 11.7. The van der Waals surface area contributed by atoms with Gasteiger partial charge in [-0.2, -0.15) is 0 Å². The standard InChI is InChI=1S/C19H23BrN2O3/c1-12(2)19(23)22-14-7-5-13(6-8-14)21-11-15-16(20)9-10-17(24-3)18(15)25-4/h5-10,12,21H,11H2,1-4H3,(H,22,23). The molecule has 0 unspecified atom stereocenters. The minimum atomic E-state index is -0.0457. The molecule has 25 heavy (non-hydrogen) atoms. The highest BCUT2D eigenvalue weighted by molar-refractivity contribution is 9.10. The fraction of sp³-hybridized carbons (Fsp3) is 0.316. The minimum absolute atomic E-state index is 0.00533. The number of hydrogen-bond acceptors (Lipinski definition) is 4. The number of rotatable bonds is 7. The van der Waals surface area contributed by atoms with Crippen LogP contribution in [0.25, 0.3) is 0 Å². The van der Waals surface area contributed by atoms with Crippen molar-refractivity contribution < 1.29 is 14.3 Å². The van der Waals surface area contributed by atoms with Crippen LogP contribution in [0.4, 0.5) is 11.4 Å². The average Bonchev–Trinajstić information content (AvgIpc) is 2.61. The van der Waals surface area contributed by atoms with E-state index in [1.807, 2.05) is 50.2 Å². The zero-order valence-electron chi connectivity index (χ0n) is 14.9. The summed E-state index contributed by atoms with van der Waals surface area (Å²) in [6.45, 7) is 4.30. The second kappa shape index (κ2) is 8.76. The lowest BCUT2D eigenvalue weighted by molar-refractivity contribution is -0.118. The Kier molecular flexibility index (Phi) is 6.70. The Morgan fingerprint density at radius 1 is 1.04 bits per heavy atom. The second-order valence-corrected chi connectivity index (χ2v) is 6.69. The molecule has 0 aliphatic rings. The third-order valence-electron chi connectivity index (χ3n) is 3.74. The maximum atomic E-state index is 11.7. The van der Waals surface area contributed by atoms with Gasteiger partial charge in [0.2, 0.25) is 5.91 Å². The number of methoxy groups -OCH3 is 2. The molecule has 0 heterocycles. The zero-order valence-corrected chi connectivity index (χ0v) is 16.4. The number of hydrogen-bond donors (Lipinski definition) is 2. The van der Waals surface area contributed by atoms with Crippen molar-refractivity contribution in [3.05, 3.63) is 46.4 Å². The molecule has 2 rings (SSSR count). The first-order valence-electron chi connectivity index (χ1n) is 8.00. The van der Waals surface area contributed by atoms with Crippen LogP contribution in [0.1, 0.15) is 19.4 Å². The minimum Gasteiger partial charge on any atom is -0.493 e. The largest absolute Gasteiger partial charge is 0.493 e. The molecule has 1 amide bonds. The van der Waals surface area contributed by atoms with E-state index in [9.17, 15) is 4.79 Å². The fourth-order valence-corrected chi connectivity index (χ4v) is 2.73. The van der Waals surface area contributed by atoms with Crippen LogP contribution in [0.15, 0.2) is 40.9 Å². The highest BCUT2D eigenvalue weighted by Crippen LogP contribution is 2.36. The molecule has 134 valence electrons. The number of halogens is 1. The summed E-state index contributed by atoms with van der Waals surface area (Å²) < 4.78 is 11.8. The quantitative estimate of drug-likeness (QED) is 0.700. The van der Waals surface area contributed by atoms with Gasteiger partial charge in [0, 0.05) is 33.9 Å². The number of benzene rings is 2. The van der Waals surface area contributed by atoms with Gasteiger partial charge >= 0.3 is 0 Å². The molecule has 0 aliphatic heterocycles. The summed E-state index contributed by atoms with van der Waals surface area (Å²) in [7, 11) is 3.24. The third-order valence-corrected chi connectivity index (χ3v) is 4.48. The first-order chi connectivity index (χ1) is 12.0. The molecule has 6 heteroatoms. The van der Waals surface area contributed by atoms with Gasteiger partial charge < -0.3 is 20.1 Å². The van der Waals surface area contributed by atoms with Crippen LogP contribution in [0.2, 0.25) is 0 Å². The van der Waals surface area contributed by atoms with Crippen LogP contribution in [-0.2, 0) is 11.3 Å².